The second-order valence-corrected chi connectivity index (χ2v) is 9.78. The number of hydrogen-bond donors (Lipinski definition) is 3. The van der Waals surface area contributed by atoms with Crippen LogP contribution in [0.2, 0.25) is 0 Å². The predicted octanol–water partition coefficient (Wildman–Crippen LogP) is 4.38. The Morgan fingerprint density at radius 2 is 1.49 bits per heavy atom. The van der Waals surface area contributed by atoms with E-state index >= 15 is 0 Å². The molecule has 0 aliphatic heterocycles. The number of furan rings is 1. The van der Waals surface area contributed by atoms with Crippen LogP contribution in [0.3, 0.4) is 0 Å². The molecule has 1 aromatic heterocycles. The minimum Gasteiger partial charge on any atom is -0.495 e. The molecule has 194 valence electrons. The number of nitrogens with one attached hydrogen (secondary N) is 2. The fourth-order valence-corrected chi connectivity index (χ4v) is 5.18. The molecule has 10 heteroatoms. The number of methoxy groups -OCH3 is 2. The molecule has 1 aliphatic carbocycles. The van der Waals surface area contributed by atoms with Gasteiger partial charge in [-0.3, -0.25) is 14.4 Å². The van der Waals surface area contributed by atoms with Gasteiger partial charge in [0.2, 0.25) is 11.8 Å². The lowest BCUT2D eigenvalue weighted by Gasteiger charge is -2.43. The summed E-state index contributed by atoms with van der Waals surface area (Å²) in [7, 11) is 2.94. The minimum absolute atomic E-state index is 0.209. The molecule has 0 spiro atoms. The van der Waals surface area contributed by atoms with Crippen LogP contribution in [0.5, 0.6) is 11.5 Å². The number of rotatable bonds is 7. The maximum absolute atomic E-state index is 13.7. The van der Waals surface area contributed by atoms with E-state index in [1.165, 1.54) is 21.1 Å². The first-order valence-electron chi connectivity index (χ1n) is 11.5. The van der Waals surface area contributed by atoms with Crippen molar-refractivity contribution in [2.45, 2.75) is 24.9 Å². The molecule has 4 unspecified atom stereocenters. The molecule has 0 saturated heterocycles. The molecule has 1 heterocycles. The topological polar surface area (TPSA) is 127 Å². The molecule has 1 aliphatic rings. The highest BCUT2D eigenvalue weighted by Crippen LogP contribution is 2.47. The van der Waals surface area contributed by atoms with Crippen LogP contribution in [0.25, 0.3) is 0 Å². The number of Topliss-reactive ketones (excluding diaryl/α,β-unsaturated/α-hetero) is 1. The Labute approximate surface area is 222 Å². The summed E-state index contributed by atoms with van der Waals surface area (Å²) < 4.78 is 16.8. The maximum Gasteiger partial charge on any atom is 0.235 e. The van der Waals surface area contributed by atoms with Gasteiger partial charge in [0.05, 0.1) is 43.0 Å². The van der Waals surface area contributed by atoms with E-state index in [0.717, 1.165) is 0 Å². The molecule has 1 fully saturated rings. The summed E-state index contributed by atoms with van der Waals surface area (Å²) in [4.78, 5) is 40.7. The van der Waals surface area contributed by atoms with Crippen LogP contribution in [-0.4, -0.2) is 42.5 Å². The van der Waals surface area contributed by atoms with E-state index in [9.17, 15) is 19.5 Å². The number of carbonyl (C=O) groups excluding carboxylic acids is 3. The molecule has 3 aromatic rings. The first kappa shape index (κ1) is 26.4. The third-order valence-electron chi connectivity index (χ3n) is 6.48. The number of amides is 2. The second kappa shape index (κ2) is 10.8. The van der Waals surface area contributed by atoms with Gasteiger partial charge >= 0.3 is 0 Å². The number of aliphatic hydroxyl groups is 1. The average Bonchev–Trinajstić information content (AvgIpc) is 3.29. The number of ether oxygens (including phenoxy) is 2. The van der Waals surface area contributed by atoms with E-state index in [-0.39, 0.29) is 5.76 Å². The van der Waals surface area contributed by atoms with Crippen molar-refractivity contribution in [3.05, 3.63) is 71.1 Å². The Morgan fingerprint density at radius 1 is 0.946 bits per heavy atom. The predicted molar refractivity (Wildman–Crippen MR) is 140 cm³/mol. The molecule has 2 amide bonds. The van der Waals surface area contributed by atoms with Crippen LogP contribution < -0.4 is 20.1 Å². The summed E-state index contributed by atoms with van der Waals surface area (Å²) in [5.74, 6) is -4.35. The van der Waals surface area contributed by atoms with Gasteiger partial charge in [-0.15, -0.1) is 0 Å². The van der Waals surface area contributed by atoms with Crippen molar-refractivity contribution in [1.29, 1.82) is 0 Å². The monoisotopic (exact) mass is 570 g/mol. The molecule has 37 heavy (non-hydrogen) atoms. The Bertz CT molecular complexity index is 1320. The fourth-order valence-electron chi connectivity index (χ4n) is 4.86. The Kier molecular flexibility index (Phi) is 7.70. The lowest BCUT2D eigenvalue weighted by molar-refractivity contribution is -0.151. The van der Waals surface area contributed by atoms with Crippen molar-refractivity contribution in [1.82, 2.24) is 0 Å². The lowest BCUT2D eigenvalue weighted by Crippen LogP contribution is -2.56. The van der Waals surface area contributed by atoms with Gasteiger partial charge in [0.15, 0.2) is 4.67 Å². The number of benzene rings is 2. The van der Waals surface area contributed by atoms with Gasteiger partial charge in [0.1, 0.15) is 29.0 Å². The molecule has 4 atom stereocenters. The molecular formula is C27H27BrN2O7. The summed E-state index contributed by atoms with van der Waals surface area (Å²) in [5, 5.41) is 16.9. The first-order chi connectivity index (χ1) is 17.7. The van der Waals surface area contributed by atoms with Crippen LogP contribution in [0.15, 0.2) is 69.8 Å². The SMILES string of the molecule is COc1ccccc1NC(=O)C1C(=O)CC(C)(O)C(C(=O)Nc2ccccc2OC)C1c1ccc(Br)o1. The number of para-hydroxylation sites is 4. The smallest absolute Gasteiger partial charge is 0.235 e. The zero-order valence-electron chi connectivity index (χ0n) is 20.5. The largest absolute Gasteiger partial charge is 0.495 e. The van der Waals surface area contributed by atoms with Crippen molar-refractivity contribution >= 4 is 44.9 Å². The standard InChI is InChI=1S/C27H27BrN2O7/c1-27(34)14-17(31)22(25(32)29-15-8-4-6-10-18(15)35-2)23(20-12-13-21(28)37-20)24(27)26(33)30-16-9-5-7-11-19(16)36-3/h4-13,22-24,34H,14H2,1-3H3,(H,29,32)(H,30,33). The van der Waals surface area contributed by atoms with Crippen LogP contribution in [-0.2, 0) is 14.4 Å². The molecule has 3 N–H and O–H groups in total. The average molecular weight is 571 g/mol. The van der Waals surface area contributed by atoms with Crippen LogP contribution >= 0.6 is 15.9 Å². The van der Waals surface area contributed by atoms with E-state index in [4.69, 9.17) is 13.9 Å². The molecule has 2 aromatic carbocycles. The Balaban J connectivity index is 1.76. The third kappa shape index (κ3) is 5.40. The van der Waals surface area contributed by atoms with Gasteiger partial charge in [-0.25, -0.2) is 0 Å². The van der Waals surface area contributed by atoms with Crippen molar-refractivity contribution in [2.75, 3.05) is 24.9 Å². The molecule has 0 bridgehead atoms. The van der Waals surface area contributed by atoms with Crippen LogP contribution in [0, 0.1) is 11.8 Å². The quantitative estimate of drug-likeness (QED) is 0.360. The first-order valence-corrected chi connectivity index (χ1v) is 12.3. The Morgan fingerprint density at radius 3 is 2.00 bits per heavy atom. The Hall–Kier alpha value is -3.63. The number of carbonyl (C=O) groups is 3. The van der Waals surface area contributed by atoms with E-state index in [1.807, 2.05) is 0 Å². The van der Waals surface area contributed by atoms with Gasteiger partial charge in [0, 0.05) is 6.42 Å². The summed E-state index contributed by atoms with van der Waals surface area (Å²) >= 11 is 3.25. The highest BCUT2D eigenvalue weighted by Gasteiger charge is 2.57. The summed E-state index contributed by atoms with van der Waals surface area (Å²) in [6.45, 7) is 1.41. The fraction of sp³-hybridized carbons (Fsp3) is 0.296. The number of ketones is 1. The zero-order valence-corrected chi connectivity index (χ0v) is 22.1. The number of halogens is 1. The second-order valence-electron chi connectivity index (χ2n) is 9.00. The summed E-state index contributed by atoms with van der Waals surface area (Å²) in [6, 6.07) is 16.8. The highest BCUT2D eigenvalue weighted by molar-refractivity contribution is 9.10. The highest BCUT2D eigenvalue weighted by atomic mass is 79.9. The molecule has 1 saturated carbocycles. The lowest BCUT2D eigenvalue weighted by atomic mass is 9.62. The van der Waals surface area contributed by atoms with Gasteiger partial charge in [-0.05, 0) is 59.3 Å². The van der Waals surface area contributed by atoms with Gasteiger partial charge in [-0.1, -0.05) is 24.3 Å². The molecule has 0 radical (unpaired) electrons. The van der Waals surface area contributed by atoms with Crippen molar-refractivity contribution < 1.29 is 33.4 Å². The van der Waals surface area contributed by atoms with Gasteiger partial charge < -0.3 is 29.6 Å². The third-order valence-corrected chi connectivity index (χ3v) is 6.91. The van der Waals surface area contributed by atoms with Crippen molar-refractivity contribution in [3.8, 4) is 11.5 Å². The molecule has 9 nitrogen and oxygen atoms in total. The van der Waals surface area contributed by atoms with E-state index in [1.54, 1.807) is 60.7 Å². The van der Waals surface area contributed by atoms with E-state index in [2.05, 4.69) is 26.6 Å². The van der Waals surface area contributed by atoms with E-state index in [0.29, 0.717) is 27.5 Å². The van der Waals surface area contributed by atoms with E-state index < -0.39 is 47.4 Å². The van der Waals surface area contributed by atoms with Gasteiger partial charge in [0.25, 0.3) is 0 Å². The molecular weight excluding hydrogens is 544 g/mol. The normalized spacial score (nSPS) is 23.3. The van der Waals surface area contributed by atoms with Crippen LogP contribution in [0.1, 0.15) is 25.0 Å². The minimum atomic E-state index is -1.77. The summed E-state index contributed by atoms with van der Waals surface area (Å²) in [5.41, 5.74) is -1.01. The van der Waals surface area contributed by atoms with Crippen molar-refractivity contribution in [3.63, 3.8) is 0 Å². The maximum atomic E-state index is 13.7. The van der Waals surface area contributed by atoms with Crippen molar-refractivity contribution in [2.24, 2.45) is 11.8 Å². The van der Waals surface area contributed by atoms with Gasteiger partial charge in [-0.2, -0.15) is 0 Å². The number of hydrogen-bond acceptors (Lipinski definition) is 7. The number of anilines is 2. The molecule has 4 rings (SSSR count). The summed E-state index contributed by atoms with van der Waals surface area (Å²) in [6.07, 6.45) is -0.403. The van der Waals surface area contributed by atoms with Crippen LogP contribution in [0.4, 0.5) is 11.4 Å². The zero-order chi connectivity index (χ0) is 26.7.